The number of nitrogens with one attached hydrogen (secondary N) is 1. The summed E-state index contributed by atoms with van der Waals surface area (Å²) < 4.78 is 0. The van der Waals surface area contributed by atoms with E-state index in [0.29, 0.717) is 10.6 Å². The smallest absolute Gasteiger partial charge is 0.247 e. The summed E-state index contributed by atoms with van der Waals surface area (Å²) in [6.45, 7) is 3.74. The average Bonchev–Trinajstić information content (AvgIpc) is 2.41. The Hall–Kier alpha value is -2.00. The van der Waals surface area contributed by atoms with Crippen LogP contribution in [0.3, 0.4) is 0 Å². The Balaban J connectivity index is 2.43. The Kier molecular flexibility index (Phi) is 4.00. The number of hydrogen-bond acceptors (Lipinski definition) is 2. The van der Waals surface area contributed by atoms with E-state index in [1.807, 2.05) is 43.3 Å². The Labute approximate surface area is 123 Å². The molecular weight excluding hydrogens is 272 g/mol. The first-order valence-electron chi connectivity index (χ1n) is 6.33. The van der Waals surface area contributed by atoms with E-state index >= 15 is 0 Å². The summed E-state index contributed by atoms with van der Waals surface area (Å²) in [5, 5.41) is 3.69. The van der Waals surface area contributed by atoms with Crippen LogP contribution in [0, 0.1) is 6.92 Å². The first kappa shape index (κ1) is 14.4. The summed E-state index contributed by atoms with van der Waals surface area (Å²) in [6.07, 6.45) is 0. The van der Waals surface area contributed by atoms with Gasteiger partial charge in [0.1, 0.15) is 5.54 Å². The summed E-state index contributed by atoms with van der Waals surface area (Å²) in [4.78, 5) is 11.9. The van der Waals surface area contributed by atoms with Gasteiger partial charge >= 0.3 is 0 Å². The van der Waals surface area contributed by atoms with Crippen LogP contribution >= 0.6 is 11.6 Å². The highest BCUT2D eigenvalue weighted by molar-refractivity contribution is 6.31. The van der Waals surface area contributed by atoms with Gasteiger partial charge in [0.25, 0.3) is 0 Å². The number of halogens is 1. The molecule has 2 aromatic rings. The zero-order chi connectivity index (χ0) is 14.8. The molecule has 2 rings (SSSR count). The molecule has 0 fully saturated rings. The number of primary amides is 1. The van der Waals surface area contributed by atoms with Gasteiger partial charge in [-0.15, -0.1) is 0 Å². The highest BCUT2D eigenvalue weighted by Gasteiger charge is 2.34. The lowest BCUT2D eigenvalue weighted by molar-refractivity contribution is -0.122. The molecule has 0 spiro atoms. The summed E-state index contributed by atoms with van der Waals surface area (Å²) >= 11 is 6.20. The summed E-state index contributed by atoms with van der Waals surface area (Å²) in [5.74, 6) is -0.480. The standard InChI is InChI=1S/C16H17ClN2O/c1-11-7-9-12(10-8-11)19-16(2,15(18)20)13-5-3-4-6-14(13)17/h3-10,19H,1-2H3,(H2,18,20). The Morgan fingerprint density at radius 1 is 1.15 bits per heavy atom. The molecule has 0 heterocycles. The number of amides is 1. The molecule has 1 unspecified atom stereocenters. The molecule has 20 heavy (non-hydrogen) atoms. The van der Waals surface area contributed by atoms with Crippen LogP contribution in [0.15, 0.2) is 48.5 Å². The van der Waals surface area contributed by atoms with Crippen molar-refractivity contribution in [3.8, 4) is 0 Å². The van der Waals surface area contributed by atoms with E-state index in [-0.39, 0.29) is 0 Å². The molecule has 3 N–H and O–H groups in total. The molecule has 2 aromatic carbocycles. The van der Waals surface area contributed by atoms with Crippen molar-refractivity contribution in [2.75, 3.05) is 5.32 Å². The minimum Gasteiger partial charge on any atom is -0.368 e. The van der Waals surface area contributed by atoms with Gasteiger partial charge in [-0.3, -0.25) is 4.79 Å². The fraction of sp³-hybridized carbons (Fsp3) is 0.188. The van der Waals surface area contributed by atoms with Crippen molar-refractivity contribution in [3.05, 3.63) is 64.7 Å². The van der Waals surface area contributed by atoms with Gasteiger partial charge in [0.05, 0.1) is 0 Å². The molecule has 0 aliphatic heterocycles. The van der Waals surface area contributed by atoms with Gasteiger partial charge in [-0.2, -0.15) is 0 Å². The van der Waals surface area contributed by atoms with Crippen LogP contribution in [0.1, 0.15) is 18.1 Å². The third kappa shape index (κ3) is 2.78. The SMILES string of the molecule is Cc1ccc(NC(C)(C(N)=O)c2ccccc2Cl)cc1. The fourth-order valence-electron chi connectivity index (χ4n) is 2.05. The number of aryl methyl sites for hydroxylation is 1. The molecular formula is C16H17ClN2O. The van der Waals surface area contributed by atoms with Gasteiger partial charge in [-0.05, 0) is 32.0 Å². The van der Waals surface area contributed by atoms with Gasteiger partial charge in [-0.1, -0.05) is 47.5 Å². The van der Waals surface area contributed by atoms with E-state index in [1.165, 1.54) is 0 Å². The third-order valence-corrected chi connectivity index (χ3v) is 3.68. The van der Waals surface area contributed by atoms with Crippen LogP contribution in [-0.2, 0) is 10.3 Å². The number of benzene rings is 2. The van der Waals surface area contributed by atoms with Gasteiger partial charge in [0, 0.05) is 16.3 Å². The van der Waals surface area contributed by atoms with Crippen LogP contribution < -0.4 is 11.1 Å². The minimum absolute atomic E-state index is 0.480. The van der Waals surface area contributed by atoms with E-state index < -0.39 is 11.4 Å². The predicted molar refractivity (Wildman–Crippen MR) is 82.8 cm³/mol. The van der Waals surface area contributed by atoms with E-state index in [1.54, 1.807) is 19.1 Å². The first-order valence-corrected chi connectivity index (χ1v) is 6.71. The second-order valence-corrected chi connectivity index (χ2v) is 5.37. The number of anilines is 1. The van der Waals surface area contributed by atoms with Gasteiger partial charge in [0.15, 0.2) is 0 Å². The van der Waals surface area contributed by atoms with E-state index in [2.05, 4.69) is 5.32 Å². The van der Waals surface area contributed by atoms with Crippen molar-refractivity contribution in [1.82, 2.24) is 0 Å². The third-order valence-electron chi connectivity index (χ3n) is 3.35. The molecule has 4 heteroatoms. The van der Waals surface area contributed by atoms with Crippen LogP contribution in [0.2, 0.25) is 5.02 Å². The number of rotatable bonds is 4. The normalized spacial score (nSPS) is 13.6. The summed E-state index contributed by atoms with van der Waals surface area (Å²) in [6, 6.07) is 15.0. The van der Waals surface area contributed by atoms with E-state index in [0.717, 1.165) is 11.3 Å². The molecule has 1 amide bonds. The molecule has 0 aliphatic rings. The van der Waals surface area contributed by atoms with Crippen LogP contribution in [0.4, 0.5) is 5.69 Å². The van der Waals surface area contributed by atoms with Gasteiger partial charge < -0.3 is 11.1 Å². The van der Waals surface area contributed by atoms with Crippen molar-refractivity contribution >= 4 is 23.2 Å². The van der Waals surface area contributed by atoms with Crippen LogP contribution in [0.5, 0.6) is 0 Å². The lowest BCUT2D eigenvalue weighted by Gasteiger charge is -2.30. The molecule has 0 saturated carbocycles. The number of hydrogen-bond donors (Lipinski definition) is 2. The largest absolute Gasteiger partial charge is 0.368 e. The van der Waals surface area contributed by atoms with Crippen molar-refractivity contribution in [3.63, 3.8) is 0 Å². The number of carbonyl (C=O) groups excluding carboxylic acids is 1. The zero-order valence-electron chi connectivity index (χ0n) is 11.5. The molecule has 0 radical (unpaired) electrons. The van der Waals surface area contributed by atoms with Crippen LogP contribution in [0.25, 0.3) is 0 Å². The van der Waals surface area contributed by atoms with Crippen molar-refractivity contribution < 1.29 is 4.79 Å². The van der Waals surface area contributed by atoms with E-state index in [4.69, 9.17) is 17.3 Å². The second-order valence-electron chi connectivity index (χ2n) is 4.96. The molecule has 3 nitrogen and oxygen atoms in total. The first-order chi connectivity index (χ1) is 9.43. The Bertz CT molecular complexity index is 625. The quantitative estimate of drug-likeness (QED) is 0.905. The molecule has 0 aromatic heterocycles. The van der Waals surface area contributed by atoms with Crippen molar-refractivity contribution in [2.24, 2.45) is 5.73 Å². The summed E-state index contributed by atoms with van der Waals surface area (Å²) in [5.41, 5.74) is 7.15. The second kappa shape index (κ2) is 5.55. The molecule has 104 valence electrons. The van der Waals surface area contributed by atoms with E-state index in [9.17, 15) is 4.79 Å². The topological polar surface area (TPSA) is 55.1 Å². The lowest BCUT2D eigenvalue weighted by atomic mass is 9.90. The van der Waals surface area contributed by atoms with Crippen LogP contribution in [-0.4, -0.2) is 5.91 Å². The zero-order valence-corrected chi connectivity index (χ0v) is 12.2. The van der Waals surface area contributed by atoms with Gasteiger partial charge in [-0.25, -0.2) is 0 Å². The van der Waals surface area contributed by atoms with Gasteiger partial charge in [0.2, 0.25) is 5.91 Å². The maximum atomic E-state index is 11.9. The maximum Gasteiger partial charge on any atom is 0.247 e. The number of nitrogens with two attached hydrogens (primary N) is 1. The molecule has 0 aliphatic carbocycles. The average molecular weight is 289 g/mol. The van der Waals surface area contributed by atoms with Crippen molar-refractivity contribution in [1.29, 1.82) is 0 Å². The maximum absolute atomic E-state index is 11.9. The monoisotopic (exact) mass is 288 g/mol. The minimum atomic E-state index is -1.06. The highest BCUT2D eigenvalue weighted by atomic mass is 35.5. The molecule has 0 bridgehead atoms. The lowest BCUT2D eigenvalue weighted by Crippen LogP contribution is -2.45. The fourth-order valence-corrected chi connectivity index (χ4v) is 2.38. The summed E-state index contributed by atoms with van der Waals surface area (Å²) in [7, 11) is 0. The molecule has 1 atom stereocenters. The Morgan fingerprint density at radius 3 is 2.30 bits per heavy atom. The number of carbonyl (C=O) groups is 1. The molecule has 0 saturated heterocycles. The Morgan fingerprint density at radius 2 is 1.75 bits per heavy atom. The highest BCUT2D eigenvalue weighted by Crippen LogP contribution is 2.31. The van der Waals surface area contributed by atoms with Crippen molar-refractivity contribution in [2.45, 2.75) is 19.4 Å². The predicted octanol–water partition coefficient (Wildman–Crippen LogP) is 3.46.